The minimum absolute atomic E-state index is 0.417. The van der Waals surface area contributed by atoms with Crippen molar-refractivity contribution in [2.24, 2.45) is 0 Å². The van der Waals surface area contributed by atoms with Crippen LogP contribution in [0.4, 0.5) is 10.5 Å². The average molecular weight is 236 g/mol. The zero-order chi connectivity index (χ0) is 13.1. The molecule has 0 fully saturated rings. The van der Waals surface area contributed by atoms with E-state index in [0.717, 1.165) is 11.1 Å². The van der Waals surface area contributed by atoms with E-state index < -0.39 is 11.7 Å². The van der Waals surface area contributed by atoms with E-state index >= 15 is 0 Å². The van der Waals surface area contributed by atoms with Crippen LogP contribution in [0.25, 0.3) is 0 Å². The fourth-order valence-electron chi connectivity index (χ4n) is 1.36. The van der Waals surface area contributed by atoms with Crippen molar-refractivity contribution in [3.63, 3.8) is 0 Å². The molecule has 0 saturated carbocycles. The van der Waals surface area contributed by atoms with Gasteiger partial charge in [-0.2, -0.15) is 0 Å². The highest BCUT2D eigenvalue weighted by molar-refractivity contribution is 5.67. The molecule has 4 heteroatoms. The Hall–Kier alpha value is -1.71. The molecule has 0 unspecified atom stereocenters. The SMILES string of the molecule is Cc1ccc(N)cc1CNC(=O)OC(C)(C)C. The van der Waals surface area contributed by atoms with Crippen molar-refractivity contribution in [1.82, 2.24) is 5.32 Å². The summed E-state index contributed by atoms with van der Waals surface area (Å²) in [4.78, 5) is 11.5. The van der Waals surface area contributed by atoms with E-state index in [2.05, 4.69) is 5.32 Å². The molecule has 94 valence electrons. The fourth-order valence-corrected chi connectivity index (χ4v) is 1.36. The molecule has 0 aliphatic carbocycles. The molecule has 4 nitrogen and oxygen atoms in total. The molecule has 0 bridgehead atoms. The third-order valence-corrected chi connectivity index (χ3v) is 2.20. The Morgan fingerprint density at radius 3 is 2.65 bits per heavy atom. The second kappa shape index (κ2) is 5.08. The lowest BCUT2D eigenvalue weighted by atomic mass is 10.1. The van der Waals surface area contributed by atoms with Crippen molar-refractivity contribution in [3.05, 3.63) is 29.3 Å². The first-order chi connectivity index (χ1) is 7.78. The van der Waals surface area contributed by atoms with Crippen LogP contribution >= 0.6 is 0 Å². The van der Waals surface area contributed by atoms with E-state index in [4.69, 9.17) is 10.5 Å². The molecule has 0 saturated heterocycles. The zero-order valence-corrected chi connectivity index (χ0v) is 10.8. The smallest absolute Gasteiger partial charge is 0.407 e. The van der Waals surface area contributed by atoms with Crippen LogP contribution in [0, 0.1) is 6.92 Å². The maximum atomic E-state index is 11.5. The standard InChI is InChI=1S/C13H20N2O2/c1-9-5-6-11(14)7-10(9)8-15-12(16)17-13(2,3)4/h5-7H,8,14H2,1-4H3,(H,15,16). The van der Waals surface area contributed by atoms with E-state index in [1.54, 1.807) is 0 Å². The largest absolute Gasteiger partial charge is 0.444 e. The third-order valence-electron chi connectivity index (χ3n) is 2.20. The summed E-state index contributed by atoms with van der Waals surface area (Å²) in [5.41, 5.74) is 7.99. The molecule has 0 atom stereocenters. The monoisotopic (exact) mass is 236 g/mol. The van der Waals surface area contributed by atoms with Gasteiger partial charge in [0, 0.05) is 12.2 Å². The minimum atomic E-state index is -0.477. The van der Waals surface area contributed by atoms with Gasteiger partial charge >= 0.3 is 6.09 Å². The van der Waals surface area contributed by atoms with Gasteiger partial charge in [-0.1, -0.05) is 6.07 Å². The van der Waals surface area contributed by atoms with Crippen molar-refractivity contribution in [3.8, 4) is 0 Å². The maximum absolute atomic E-state index is 11.5. The molecule has 1 rings (SSSR count). The van der Waals surface area contributed by atoms with Crippen LogP contribution < -0.4 is 11.1 Å². The Balaban J connectivity index is 2.56. The van der Waals surface area contributed by atoms with E-state index in [1.165, 1.54) is 0 Å². The molecular weight excluding hydrogens is 216 g/mol. The number of nitrogen functional groups attached to an aromatic ring is 1. The summed E-state index contributed by atoms with van der Waals surface area (Å²) in [5, 5.41) is 2.71. The predicted molar refractivity (Wildman–Crippen MR) is 68.7 cm³/mol. The Kier molecular flexibility index (Phi) is 3.99. The van der Waals surface area contributed by atoms with Crippen molar-refractivity contribution in [1.29, 1.82) is 0 Å². The highest BCUT2D eigenvalue weighted by Crippen LogP contribution is 2.13. The molecule has 1 aromatic rings. The van der Waals surface area contributed by atoms with Crippen LogP contribution in [0.1, 0.15) is 31.9 Å². The van der Waals surface area contributed by atoms with Crippen LogP contribution in [0.5, 0.6) is 0 Å². The maximum Gasteiger partial charge on any atom is 0.407 e. The lowest BCUT2D eigenvalue weighted by molar-refractivity contribution is 0.0523. The molecule has 0 aromatic heterocycles. The van der Waals surface area contributed by atoms with Crippen molar-refractivity contribution < 1.29 is 9.53 Å². The molecule has 0 spiro atoms. The van der Waals surface area contributed by atoms with E-state index in [0.29, 0.717) is 12.2 Å². The van der Waals surface area contributed by atoms with Gasteiger partial charge in [-0.15, -0.1) is 0 Å². The summed E-state index contributed by atoms with van der Waals surface area (Å²) >= 11 is 0. The average Bonchev–Trinajstić information content (AvgIpc) is 2.17. The summed E-state index contributed by atoms with van der Waals surface area (Å²) in [6.45, 7) is 7.90. The number of carbonyl (C=O) groups excluding carboxylic acids is 1. The molecule has 3 N–H and O–H groups in total. The van der Waals surface area contributed by atoms with Crippen LogP contribution in [-0.4, -0.2) is 11.7 Å². The second-order valence-electron chi connectivity index (χ2n) is 5.04. The molecular formula is C13H20N2O2. The summed E-state index contributed by atoms with van der Waals surface area (Å²) < 4.78 is 5.15. The number of carbonyl (C=O) groups is 1. The highest BCUT2D eigenvalue weighted by Gasteiger charge is 2.15. The Morgan fingerprint density at radius 2 is 2.06 bits per heavy atom. The Bertz CT molecular complexity index is 408. The molecule has 17 heavy (non-hydrogen) atoms. The number of nitrogens with one attached hydrogen (secondary N) is 1. The summed E-state index contributed by atoms with van der Waals surface area (Å²) in [6, 6.07) is 5.63. The number of benzene rings is 1. The Labute approximate surface area is 102 Å². The second-order valence-corrected chi connectivity index (χ2v) is 5.04. The number of nitrogens with two attached hydrogens (primary N) is 1. The lowest BCUT2D eigenvalue weighted by Gasteiger charge is -2.20. The minimum Gasteiger partial charge on any atom is -0.444 e. The summed E-state index contributed by atoms with van der Waals surface area (Å²) in [5.74, 6) is 0. The summed E-state index contributed by atoms with van der Waals surface area (Å²) in [6.07, 6.45) is -0.417. The van der Waals surface area contributed by atoms with Gasteiger partial charge in [-0.3, -0.25) is 0 Å². The van der Waals surface area contributed by atoms with E-state index in [1.807, 2.05) is 45.9 Å². The molecule has 0 radical (unpaired) electrons. The number of hydrogen-bond donors (Lipinski definition) is 2. The van der Waals surface area contributed by atoms with Crippen LogP contribution in [-0.2, 0) is 11.3 Å². The van der Waals surface area contributed by atoms with Crippen LogP contribution in [0.15, 0.2) is 18.2 Å². The lowest BCUT2D eigenvalue weighted by Crippen LogP contribution is -2.32. The number of aryl methyl sites for hydroxylation is 1. The van der Waals surface area contributed by atoms with Gasteiger partial charge < -0.3 is 15.8 Å². The molecule has 1 amide bonds. The van der Waals surface area contributed by atoms with Crippen LogP contribution in [0.2, 0.25) is 0 Å². The highest BCUT2D eigenvalue weighted by atomic mass is 16.6. The molecule has 1 aromatic carbocycles. The summed E-state index contributed by atoms with van der Waals surface area (Å²) in [7, 11) is 0. The van der Waals surface area contributed by atoms with Gasteiger partial charge in [0.05, 0.1) is 0 Å². The third kappa shape index (κ3) is 4.76. The first-order valence-electron chi connectivity index (χ1n) is 5.60. The van der Waals surface area contributed by atoms with E-state index in [9.17, 15) is 4.79 Å². The number of anilines is 1. The van der Waals surface area contributed by atoms with Gasteiger partial charge in [-0.05, 0) is 51.0 Å². The van der Waals surface area contributed by atoms with Gasteiger partial charge in [0.1, 0.15) is 5.60 Å². The van der Waals surface area contributed by atoms with Gasteiger partial charge in [0.2, 0.25) is 0 Å². The molecule has 0 heterocycles. The van der Waals surface area contributed by atoms with Gasteiger partial charge in [-0.25, -0.2) is 4.79 Å². The van der Waals surface area contributed by atoms with Crippen LogP contribution in [0.3, 0.4) is 0 Å². The number of alkyl carbamates (subject to hydrolysis) is 1. The number of ether oxygens (including phenoxy) is 1. The normalized spacial score (nSPS) is 11.1. The predicted octanol–water partition coefficient (Wildman–Crippen LogP) is 2.60. The van der Waals surface area contributed by atoms with Crippen molar-refractivity contribution in [2.45, 2.75) is 39.8 Å². The number of rotatable bonds is 2. The fraction of sp³-hybridized carbons (Fsp3) is 0.462. The quantitative estimate of drug-likeness (QED) is 0.776. The van der Waals surface area contributed by atoms with Gasteiger partial charge in [0.25, 0.3) is 0 Å². The number of hydrogen-bond acceptors (Lipinski definition) is 3. The molecule has 0 aliphatic rings. The first kappa shape index (κ1) is 13.4. The zero-order valence-electron chi connectivity index (χ0n) is 10.8. The van der Waals surface area contributed by atoms with E-state index in [-0.39, 0.29) is 0 Å². The first-order valence-corrected chi connectivity index (χ1v) is 5.60. The molecule has 0 aliphatic heterocycles. The van der Waals surface area contributed by atoms with Gasteiger partial charge in [0.15, 0.2) is 0 Å². The number of amides is 1. The van der Waals surface area contributed by atoms with Crippen molar-refractivity contribution >= 4 is 11.8 Å². The topological polar surface area (TPSA) is 64.3 Å². The van der Waals surface area contributed by atoms with Crippen molar-refractivity contribution in [2.75, 3.05) is 5.73 Å². The Morgan fingerprint density at radius 1 is 1.41 bits per heavy atom.